The van der Waals surface area contributed by atoms with Crippen molar-refractivity contribution in [3.05, 3.63) is 29.8 Å². The van der Waals surface area contributed by atoms with Crippen LogP contribution in [0.5, 0.6) is 5.75 Å². The molecule has 1 saturated heterocycles. The lowest BCUT2D eigenvalue weighted by Gasteiger charge is -2.32. The van der Waals surface area contributed by atoms with Gasteiger partial charge in [0, 0.05) is 19.0 Å². The van der Waals surface area contributed by atoms with Gasteiger partial charge in [-0.05, 0) is 37.0 Å². The minimum atomic E-state index is -0.611. The SMILES string of the molecule is NC(=O)C1CCN(C(=O)[C@@H](N)Cc2ccc(O)cc2)CC1. The number of hydrogen-bond donors (Lipinski definition) is 3. The molecule has 5 N–H and O–H groups in total. The van der Waals surface area contributed by atoms with E-state index in [-0.39, 0.29) is 23.5 Å². The summed E-state index contributed by atoms with van der Waals surface area (Å²) < 4.78 is 0. The molecule has 0 radical (unpaired) electrons. The normalized spacial score (nSPS) is 17.5. The lowest BCUT2D eigenvalue weighted by molar-refractivity contribution is -0.136. The van der Waals surface area contributed by atoms with Crippen molar-refractivity contribution in [2.24, 2.45) is 17.4 Å². The van der Waals surface area contributed by atoms with Gasteiger partial charge in [-0.25, -0.2) is 0 Å². The summed E-state index contributed by atoms with van der Waals surface area (Å²) in [4.78, 5) is 25.1. The van der Waals surface area contributed by atoms with Gasteiger partial charge in [0.2, 0.25) is 11.8 Å². The quantitative estimate of drug-likeness (QED) is 0.724. The molecule has 1 atom stereocenters. The minimum absolute atomic E-state index is 0.106. The maximum absolute atomic E-state index is 12.3. The average molecular weight is 291 g/mol. The maximum atomic E-state index is 12.3. The second kappa shape index (κ2) is 6.58. The highest BCUT2D eigenvalue weighted by molar-refractivity contribution is 5.82. The van der Waals surface area contributed by atoms with E-state index in [0.717, 1.165) is 5.56 Å². The Morgan fingerprint density at radius 2 is 1.81 bits per heavy atom. The molecule has 1 aromatic carbocycles. The van der Waals surface area contributed by atoms with Crippen molar-refractivity contribution in [3.63, 3.8) is 0 Å². The lowest BCUT2D eigenvalue weighted by Crippen LogP contribution is -2.49. The first-order valence-corrected chi connectivity index (χ1v) is 7.09. The standard InChI is InChI=1S/C15H21N3O3/c16-13(9-10-1-3-12(19)4-2-10)15(21)18-7-5-11(6-8-18)14(17)20/h1-4,11,13,19H,5-9,16H2,(H2,17,20)/t13-/m0/s1. The van der Waals surface area contributed by atoms with Crippen LogP contribution in [0.1, 0.15) is 18.4 Å². The van der Waals surface area contributed by atoms with Gasteiger partial charge < -0.3 is 21.5 Å². The topological polar surface area (TPSA) is 110 Å². The molecule has 6 nitrogen and oxygen atoms in total. The van der Waals surface area contributed by atoms with Crippen LogP contribution in [0.15, 0.2) is 24.3 Å². The van der Waals surface area contributed by atoms with Crippen molar-refractivity contribution >= 4 is 11.8 Å². The lowest BCUT2D eigenvalue weighted by atomic mass is 9.95. The summed E-state index contributed by atoms with van der Waals surface area (Å²) in [5.74, 6) is -0.351. The molecule has 0 aromatic heterocycles. The number of aromatic hydroxyl groups is 1. The summed E-state index contributed by atoms with van der Waals surface area (Å²) in [5, 5.41) is 9.23. The fraction of sp³-hybridized carbons (Fsp3) is 0.467. The highest BCUT2D eigenvalue weighted by Gasteiger charge is 2.28. The number of amides is 2. The predicted octanol–water partition coefficient (Wildman–Crippen LogP) is -0.0141. The van der Waals surface area contributed by atoms with E-state index in [1.807, 2.05) is 0 Å². The number of nitrogens with zero attached hydrogens (tertiary/aromatic N) is 1. The summed E-state index contributed by atoms with van der Waals surface area (Å²) in [7, 11) is 0. The molecular weight excluding hydrogens is 270 g/mol. The molecule has 1 aliphatic heterocycles. The molecule has 0 saturated carbocycles. The molecule has 1 heterocycles. The maximum Gasteiger partial charge on any atom is 0.239 e. The van der Waals surface area contributed by atoms with Crippen LogP contribution in [-0.4, -0.2) is 41.0 Å². The summed E-state index contributed by atoms with van der Waals surface area (Å²) in [6.45, 7) is 1.05. The molecule has 21 heavy (non-hydrogen) atoms. The van der Waals surface area contributed by atoms with Crippen LogP contribution in [0, 0.1) is 5.92 Å². The second-order valence-electron chi connectivity index (χ2n) is 5.48. The molecule has 1 aliphatic rings. The van der Waals surface area contributed by atoms with Crippen LogP contribution in [0.2, 0.25) is 0 Å². The number of phenolic OH excluding ortho intramolecular Hbond substituents is 1. The second-order valence-corrected chi connectivity index (χ2v) is 5.48. The monoisotopic (exact) mass is 291 g/mol. The largest absolute Gasteiger partial charge is 0.508 e. The first-order chi connectivity index (χ1) is 9.97. The van der Waals surface area contributed by atoms with Gasteiger partial charge in [0.15, 0.2) is 0 Å². The van der Waals surface area contributed by atoms with E-state index < -0.39 is 6.04 Å². The highest BCUT2D eigenvalue weighted by atomic mass is 16.3. The van der Waals surface area contributed by atoms with E-state index in [1.54, 1.807) is 29.2 Å². The summed E-state index contributed by atoms with van der Waals surface area (Å²) in [5.41, 5.74) is 12.1. The first-order valence-electron chi connectivity index (χ1n) is 7.09. The average Bonchev–Trinajstić information content (AvgIpc) is 2.49. The molecule has 0 unspecified atom stereocenters. The number of carbonyl (C=O) groups is 2. The van der Waals surface area contributed by atoms with Crippen molar-refractivity contribution in [1.82, 2.24) is 4.90 Å². The van der Waals surface area contributed by atoms with Gasteiger partial charge in [0.05, 0.1) is 6.04 Å². The van der Waals surface area contributed by atoms with Crippen LogP contribution in [-0.2, 0) is 16.0 Å². The molecule has 6 heteroatoms. The number of carbonyl (C=O) groups excluding carboxylic acids is 2. The predicted molar refractivity (Wildman–Crippen MR) is 78.3 cm³/mol. The summed E-state index contributed by atoms with van der Waals surface area (Å²) in [6, 6.07) is 6.04. The third kappa shape index (κ3) is 3.95. The van der Waals surface area contributed by atoms with Gasteiger partial charge in [0.1, 0.15) is 5.75 Å². The van der Waals surface area contributed by atoms with Crippen LogP contribution >= 0.6 is 0 Å². The molecular formula is C15H21N3O3. The van der Waals surface area contributed by atoms with Crippen LogP contribution in [0.25, 0.3) is 0 Å². The fourth-order valence-corrected chi connectivity index (χ4v) is 2.59. The smallest absolute Gasteiger partial charge is 0.239 e. The summed E-state index contributed by atoms with van der Waals surface area (Å²) >= 11 is 0. The molecule has 2 amide bonds. The third-order valence-electron chi connectivity index (χ3n) is 3.92. The van der Waals surface area contributed by atoms with Crippen LogP contribution < -0.4 is 11.5 Å². The Balaban J connectivity index is 1.88. The number of primary amides is 1. The van der Waals surface area contributed by atoms with Crippen LogP contribution in [0.4, 0.5) is 0 Å². The van der Waals surface area contributed by atoms with E-state index in [2.05, 4.69) is 0 Å². The number of likely N-dealkylation sites (tertiary alicyclic amines) is 1. The van der Waals surface area contributed by atoms with Crippen molar-refractivity contribution in [2.45, 2.75) is 25.3 Å². The number of rotatable bonds is 4. The van der Waals surface area contributed by atoms with Gasteiger partial charge in [-0.1, -0.05) is 12.1 Å². The molecule has 0 aliphatic carbocycles. The Labute approximate surface area is 123 Å². The van der Waals surface area contributed by atoms with Gasteiger partial charge >= 0.3 is 0 Å². The minimum Gasteiger partial charge on any atom is -0.508 e. The molecule has 114 valence electrons. The van der Waals surface area contributed by atoms with Crippen LogP contribution in [0.3, 0.4) is 0 Å². The van der Waals surface area contributed by atoms with E-state index in [4.69, 9.17) is 11.5 Å². The Morgan fingerprint density at radius 1 is 1.24 bits per heavy atom. The Morgan fingerprint density at radius 3 is 2.33 bits per heavy atom. The Kier molecular flexibility index (Phi) is 4.80. The summed E-state index contributed by atoms with van der Waals surface area (Å²) in [6.07, 6.45) is 1.63. The Bertz CT molecular complexity index is 507. The van der Waals surface area contributed by atoms with E-state index in [1.165, 1.54) is 0 Å². The Hall–Kier alpha value is -2.08. The van der Waals surface area contributed by atoms with Gasteiger partial charge in [-0.2, -0.15) is 0 Å². The van der Waals surface area contributed by atoms with E-state index in [0.29, 0.717) is 32.4 Å². The van der Waals surface area contributed by atoms with Crippen molar-refractivity contribution in [3.8, 4) is 5.75 Å². The zero-order valence-corrected chi connectivity index (χ0v) is 11.9. The van der Waals surface area contributed by atoms with Crippen molar-refractivity contribution in [2.75, 3.05) is 13.1 Å². The van der Waals surface area contributed by atoms with Gasteiger partial charge in [-0.3, -0.25) is 9.59 Å². The highest BCUT2D eigenvalue weighted by Crippen LogP contribution is 2.18. The van der Waals surface area contributed by atoms with Crippen molar-refractivity contribution in [1.29, 1.82) is 0 Å². The van der Waals surface area contributed by atoms with E-state index >= 15 is 0 Å². The molecule has 0 spiro atoms. The molecule has 2 rings (SSSR count). The van der Waals surface area contributed by atoms with Gasteiger partial charge in [-0.15, -0.1) is 0 Å². The number of hydrogen-bond acceptors (Lipinski definition) is 4. The van der Waals surface area contributed by atoms with Gasteiger partial charge in [0.25, 0.3) is 0 Å². The third-order valence-corrected chi connectivity index (χ3v) is 3.92. The number of benzene rings is 1. The first kappa shape index (κ1) is 15.3. The van der Waals surface area contributed by atoms with E-state index in [9.17, 15) is 14.7 Å². The van der Waals surface area contributed by atoms with Crippen molar-refractivity contribution < 1.29 is 14.7 Å². The molecule has 1 aromatic rings. The number of piperidine rings is 1. The fourth-order valence-electron chi connectivity index (χ4n) is 2.59. The number of phenols is 1. The zero-order valence-electron chi connectivity index (χ0n) is 11.9. The number of nitrogens with two attached hydrogens (primary N) is 2. The zero-order chi connectivity index (χ0) is 15.4. The molecule has 1 fully saturated rings. The molecule has 0 bridgehead atoms.